The Morgan fingerprint density at radius 2 is 0.900 bits per heavy atom. The van der Waals surface area contributed by atoms with Gasteiger partial charge in [0.05, 0.1) is 45.5 Å². The predicted molar refractivity (Wildman–Crippen MR) is 230 cm³/mol. The first-order valence-electron chi connectivity index (χ1n) is 21.3. The summed E-state index contributed by atoms with van der Waals surface area (Å²) in [7, 11) is -20.6. The van der Waals surface area contributed by atoms with Crippen LogP contribution in [0.15, 0.2) is 0 Å². The number of hydrogen-bond donors (Lipinski definition) is 6. The van der Waals surface area contributed by atoms with E-state index in [1.54, 1.807) is 0 Å². The first-order chi connectivity index (χ1) is 26.3. The average Bonchev–Trinajstić information content (AvgIpc) is 3.17. The van der Waals surface area contributed by atoms with Crippen LogP contribution in [0.5, 0.6) is 0 Å². The molecule has 6 N–H and O–H groups in total. The van der Waals surface area contributed by atoms with Gasteiger partial charge in [-0.05, 0) is 82.6 Å². The van der Waals surface area contributed by atoms with Crippen LogP contribution in [0, 0.1) is 0 Å². The summed E-state index contributed by atoms with van der Waals surface area (Å²) in [5.74, 6) is 0. The van der Waals surface area contributed by atoms with Gasteiger partial charge in [-0.2, -0.15) is 0 Å². The molecule has 8 unspecified atom stereocenters. The Hall–Kier alpha value is 1.69. The molecule has 0 aromatic carbocycles. The molecule has 0 bridgehead atoms. The quantitative estimate of drug-likeness (QED) is 0.0499. The van der Waals surface area contributed by atoms with Crippen LogP contribution in [0.3, 0.4) is 0 Å². The number of aliphatic hydroxyl groups excluding tert-OH is 1. The van der Waals surface area contributed by atoms with E-state index in [2.05, 4.69) is 38.2 Å². The summed E-state index contributed by atoms with van der Waals surface area (Å²) in [6.45, 7) is 22.9. The molecule has 0 aliphatic rings. The van der Waals surface area contributed by atoms with Gasteiger partial charge in [0.15, 0.2) is 61.4 Å². The normalized spacial score (nSPS) is 23.1. The highest BCUT2D eigenvalue weighted by atomic mass is 28.4. The maximum Gasteiger partial charge on any atom is 0.334 e. The van der Waals surface area contributed by atoms with Crippen molar-refractivity contribution in [2.45, 2.75) is 140 Å². The molecule has 12 nitrogen and oxygen atoms in total. The van der Waals surface area contributed by atoms with Crippen LogP contribution in [-0.4, -0.2) is 163 Å². The third kappa shape index (κ3) is 24.3. The van der Waals surface area contributed by atoms with E-state index in [1.807, 2.05) is 39.3 Å². The van der Waals surface area contributed by atoms with Crippen LogP contribution in [0.1, 0.15) is 39.0 Å². The summed E-state index contributed by atoms with van der Waals surface area (Å²) >= 11 is 0. The van der Waals surface area contributed by atoms with Gasteiger partial charge in [-0.25, -0.2) is 0 Å². The van der Waals surface area contributed by atoms with E-state index in [0.29, 0.717) is 42.9 Å². The van der Waals surface area contributed by atoms with E-state index in [0.717, 1.165) is 62.3 Å². The Morgan fingerprint density at radius 3 is 1.24 bits per heavy atom. The highest BCUT2D eigenvalue weighted by molar-refractivity contribution is 6.80. The van der Waals surface area contributed by atoms with Crippen LogP contribution < -0.4 is 0 Å². The zero-order valence-electron chi connectivity index (χ0n) is 39.3. The minimum atomic E-state index is -2.64. The monoisotopic (exact) mass is 898 g/mol. The van der Waals surface area contributed by atoms with Crippen molar-refractivity contribution in [1.29, 1.82) is 8.59 Å². The number of hydrogen-bond acceptors (Lipinski definition) is 12. The molecule has 0 saturated heterocycles. The molecule has 0 aliphatic heterocycles. The van der Waals surface area contributed by atoms with Gasteiger partial charge in [0.2, 0.25) is 1.43 Å². The zero-order chi connectivity index (χ0) is 42.8. The van der Waals surface area contributed by atoms with Crippen molar-refractivity contribution in [1.82, 2.24) is 0 Å². The van der Waals surface area contributed by atoms with Crippen LogP contribution in [0.4, 0.5) is 0 Å². The highest BCUT2D eigenvalue weighted by Gasteiger charge is 2.41. The first kappa shape index (κ1) is 41.3. The topological polar surface area (TPSA) is 177 Å². The highest BCUT2D eigenvalue weighted by Crippen LogP contribution is 2.41. The molecule has 0 saturated carbocycles. The Labute approximate surface area is 328 Å². The molecular weight excluding hydrogens is 809 g/mol. The molecule has 0 amide bonds. The molecule has 8 atom stereocenters. The Kier molecular flexibility index (Phi) is 21.9. The maximum atomic E-state index is 7.37. The number of rotatable bonds is 38. The summed E-state index contributed by atoms with van der Waals surface area (Å²) < 4.78 is 82.9. The van der Waals surface area contributed by atoms with Crippen molar-refractivity contribution in [2.75, 3.05) is 37.4 Å². The Bertz CT molecular complexity index is 925. The van der Waals surface area contributed by atoms with E-state index in [-0.39, 0.29) is 0 Å². The number of aliphatic hydroxyl groups is 1. The molecule has 0 spiro atoms. The van der Waals surface area contributed by atoms with Gasteiger partial charge in [-0.15, -0.1) is 0 Å². The molecule has 0 radical (unpaired) electrons. The lowest BCUT2D eigenvalue weighted by molar-refractivity contribution is 0.211. The van der Waals surface area contributed by atoms with Gasteiger partial charge in [-0.1, -0.05) is 57.7 Å². The van der Waals surface area contributed by atoms with Gasteiger partial charge >= 0.3 is 25.7 Å². The lowest BCUT2D eigenvalue weighted by Crippen LogP contribution is -2.46. The average molecular weight is 900 g/mol. The lowest BCUT2D eigenvalue weighted by Gasteiger charge is -2.39. The van der Waals surface area contributed by atoms with Gasteiger partial charge in [0.25, 0.3) is 0 Å². The molecule has 0 aliphatic carbocycles. The maximum absolute atomic E-state index is 7.37. The Morgan fingerprint density at radius 1 is 0.540 bits per heavy atom. The third-order valence-electron chi connectivity index (χ3n) is 9.22. The summed E-state index contributed by atoms with van der Waals surface area (Å²) in [5.41, 5.74) is 0.531. The summed E-state index contributed by atoms with van der Waals surface area (Å²) in [6, 6.07) is 4.62. The zero-order valence-corrected chi connectivity index (χ0v) is 44.2. The van der Waals surface area contributed by atoms with Gasteiger partial charge in [-0.3, -0.25) is 0 Å². The second kappa shape index (κ2) is 26.5. The van der Waals surface area contributed by atoms with Crippen molar-refractivity contribution in [3.63, 3.8) is 0 Å². The van der Waals surface area contributed by atoms with E-state index in [1.165, 1.54) is 0 Å². The van der Waals surface area contributed by atoms with E-state index in [4.69, 9.17) is 58.8 Å². The summed E-state index contributed by atoms with van der Waals surface area (Å²) in [4.78, 5) is 24.4. The predicted octanol–water partition coefficient (Wildman–Crippen LogP) is 2.03. The van der Waals surface area contributed by atoms with Crippen LogP contribution >= 0.6 is 0 Å². The third-order valence-corrected chi connectivity index (χ3v) is 31.5. The van der Waals surface area contributed by atoms with Crippen molar-refractivity contribution in [3.05, 3.63) is 0 Å². The van der Waals surface area contributed by atoms with Crippen LogP contribution in [-0.2, 0) is 26.2 Å². The lowest BCUT2D eigenvalue weighted by atomic mass is 10.2. The molecule has 0 aromatic rings. The van der Waals surface area contributed by atoms with Gasteiger partial charge in [0, 0.05) is 0 Å². The van der Waals surface area contributed by atoms with Crippen molar-refractivity contribution < 1.29 is 55.3 Å². The van der Waals surface area contributed by atoms with E-state index < -0.39 is 88.0 Å². The SMILES string of the molecule is [3H]OC[SiH](C)O[Si](C)(CCCC(CC)[Si](C)(CCC[Si](C)(OC[SiH](C)O[3H])OC[SiH](C)O[3H])CCC[Si](C)(OC[SiH](C)O[3H])OC[SiH](C)O[3H])OC[SiH](C)O[3H]. The van der Waals surface area contributed by atoms with Crippen molar-refractivity contribution in [3.8, 4) is 0 Å². The fraction of sp³-hybridized carbons (Fsp3) is 1.00. The minimum absolute atomic E-state index is 0.296. The smallest absolute Gasteiger partial charge is 0.334 e. The first-order valence-corrected chi connectivity index (χ1v) is 44.1. The molecule has 0 rings (SSSR count). The summed E-state index contributed by atoms with van der Waals surface area (Å²) in [5, 5.41) is 4.69. The fourth-order valence-electron chi connectivity index (χ4n) is 6.34. The molecule has 0 heterocycles. The molecule has 50 heavy (non-hydrogen) atoms. The molecule has 0 aromatic heterocycles. The van der Waals surface area contributed by atoms with Crippen molar-refractivity contribution in [2.24, 2.45) is 0 Å². The second-order valence-electron chi connectivity index (χ2n) is 15.5. The second-order valence-corrected chi connectivity index (χ2v) is 43.0. The fourth-order valence-corrected chi connectivity index (χ4v) is 31.5. The largest absolute Gasteiger partial charge is 0.437 e. The molecule has 302 valence electrons. The minimum Gasteiger partial charge on any atom is -0.437 e. The molecule has 22 heteroatoms. The summed E-state index contributed by atoms with van der Waals surface area (Å²) in [6.07, 6.45) is 7.35. The van der Waals surface area contributed by atoms with Crippen molar-refractivity contribution >= 4 is 88.0 Å². The standard InChI is InChI=1S/C28H78O12Si10/c1-12-28(16-13-19-50(11,39-27-45(6)34)40-46(7)22-29)47(8,17-14-20-48(9,35-23-41(2)30)36-24-42(3)31)18-15-21-49(10,37-25-43(4)32)38-26-44(5)33/h28-34,41-46H,12-27H2,1-11H3/i29T,30T,31T,32T,33T,34T. The van der Waals surface area contributed by atoms with Gasteiger partial charge < -0.3 is 55.3 Å². The van der Waals surface area contributed by atoms with Crippen LogP contribution in [0.25, 0.3) is 0 Å². The molecular formula is C28H78O12Si10. The van der Waals surface area contributed by atoms with Crippen LogP contribution in [0.2, 0.25) is 101 Å². The van der Waals surface area contributed by atoms with E-state index >= 15 is 0 Å². The van der Waals surface area contributed by atoms with Gasteiger partial charge in [0.1, 0.15) is 0 Å². The van der Waals surface area contributed by atoms with E-state index in [9.17, 15) is 0 Å². The molecule has 0 fully saturated rings. The Balaban J connectivity index is 6.34.